The maximum absolute atomic E-state index is 12.5. The standard InChI is InChI=1S/C19H21N3O2S/c1-11-15(10-16(25-11)17-20-12(2)24-22-17)21-18(23)13-6-8-14(9-7-13)19(3,4)5/h6-10H,1-5H3,(H,21,23). The van der Waals surface area contributed by atoms with E-state index in [0.29, 0.717) is 17.3 Å². The summed E-state index contributed by atoms with van der Waals surface area (Å²) in [7, 11) is 0. The molecule has 0 radical (unpaired) electrons. The maximum Gasteiger partial charge on any atom is 0.255 e. The molecule has 0 saturated heterocycles. The molecule has 0 aliphatic rings. The SMILES string of the molecule is Cc1nc(-c2cc(NC(=O)c3ccc(C(C)(C)C)cc3)c(C)s2)no1. The summed E-state index contributed by atoms with van der Waals surface area (Å²) >= 11 is 1.52. The van der Waals surface area contributed by atoms with Crippen molar-refractivity contribution in [3.63, 3.8) is 0 Å². The van der Waals surface area contributed by atoms with E-state index in [0.717, 1.165) is 15.4 Å². The molecule has 2 aromatic heterocycles. The molecule has 130 valence electrons. The third-order valence-electron chi connectivity index (χ3n) is 3.93. The van der Waals surface area contributed by atoms with Crippen LogP contribution in [0.2, 0.25) is 0 Å². The van der Waals surface area contributed by atoms with Gasteiger partial charge in [-0.15, -0.1) is 11.3 Å². The number of anilines is 1. The summed E-state index contributed by atoms with van der Waals surface area (Å²) in [6.07, 6.45) is 0. The average Bonchev–Trinajstić information content (AvgIpc) is 3.13. The van der Waals surface area contributed by atoms with E-state index in [9.17, 15) is 4.79 Å². The second-order valence-corrected chi connectivity index (χ2v) is 8.26. The number of amides is 1. The van der Waals surface area contributed by atoms with E-state index in [4.69, 9.17) is 4.52 Å². The van der Waals surface area contributed by atoms with Gasteiger partial charge in [-0.3, -0.25) is 4.79 Å². The van der Waals surface area contributed by atoms with Crippen LogP contribution in [0, 0.1) is 13.8 Å². The highest BCUT2D eigenvalue weighted by Crippen LogP contribution is 2.33. The molecule has 0 spiro atoms. The first kappa shape index (κ1) is 17.4. The molecular weight excluding hydrogens is 334 g/mol. The fourth-order valence-corrected chi connectivity index (χ4v) is 3.33. The largest absolute Gasteiger partial charge is 0.339 e. The number of thiophene rings is 1. The lowest BCUT2D eigenvalue weighted by Crippen LogP contribution is -2.14. The van der Waals surface area contributed by atoms with E-state index < -0.39 is 0 Å². The van der Waals surface area contributed by atoms with Crippen molar-refractivity contribution in [2.75, 3.05) is 5.32 Å². The topological polar surface area (TPSA) is 68.0 Å². The number of nitrogens with one attached hydrogen (secondary N) is 1. The number of rotatable bonds is 3. The van der Waals surface area contributed by atoms with Crippen LogP contribution in [0.4, 0.5) is 5.69 Å². The Hall–Kier alpha value is -2.47. The molecule has 5 nitrogen and oxygen atoms in total. The Morgan fingerprint density at radius 3 is 2.40 bits per heavy atom. The molecule has 0 fully saturated rings. The monoisotopic (exact) mass is 355 g/mol. The minimum absolute atomic E-state index is 0.0661. The summed E-state index contributed by atoms with van der Waals surface area (Å²) in [5, 5.41) is 6.89. The van der Waals surface area contributed by atoms with Crippen LogP contribution in [0.15, 0.2) is 34.9 Å². The number of hydrogen-bond acceptors (Lipinski definition) is 5. The highest BCUT2D eigenvalue weighted by molar-refractivity contribution is 7.16. The molecule has 1 amide bonds. The molecule has 0 unspecified atom stereocenters. The van der Waals surface area contributed by atoms with Gasteiger partial charge in [-0.2, -0.15) is 4.98 Å². The Morgan fingerprint density at radius 2 is 1.84 bits per heavy atom. The van der Waals surface area contributed by atoms with Gasteiger partial charge in [-0.1, -0.05) is 38.1 Å². The molecular formula is C19H21N3O2S. The van der Waals surface area contributed by atoms with Crippen LogP contribution in [0.1, 0.15) is 47.5 Å². The lowest BCUT2D eigenvalue weighted by atomic mass is 9.87. The lowest BCUT2D eigenvalue weighted by Gasteiger charge is -2.19. The number of nitrogens with zero attached hydrogens (tertiary/aromatic N) is 2. The summed E-state index contributed by atoms with van der Waals surface area (Å²) in [5.74, 6) is 0.934. The van der Waals surface area contributed by atoms with Crippen LogP contribution in [-0.4, -0.2) is 16.0 Å². The van der Waals surface area contributed by atoms with E-state index in [1.165, 1.54) is 16.9 Å². The minimum Gasteiger partial charge on any atom is -0.339 e. The number of aromatic nitrogens is 2. The molecule has 1 aromatic carbocycles. The average molecular weight is 355 g/mol. The van der Waals surface area contributed by atoms with Gasteiger partial charge in [0.2, 0.25) is 11.7 Å². The summed E-state index contributed by atoms with van der Waals surface area (Å²) in [6, 6.07) is 9.61. The molecule has 0 aliphatic carbocycles. The van der Waals surface area contributed by atoms with Gasteiger partial charge in [0.25, 0.3) is 5.91 Å². The number of carbonyl (C=O) groups excluding carboxylic acids is 1. The van der Waals surface area contributed by atoms with Crippen molar-refractivity contribution in [3.8, 4) is 10.7 Å². The first-order valence-electron chi connectivity index (χ1n) is 8.07. The fraction of sp³-hybridized carbons (Fsp3) is 0.316. The molecule has 2 heterocycles. The summed E-state index contributed by atoms with van der Waals surface area (Å²) < 4.78 is 5.02. The quantitative estimate of drug-likeness (QED) is 0.720. The molecule has 0 aliphatic heterocycles. The summed E-state index contributed by atoms with van der Waals surface area (Å²) in [4.78, 5) is 18.6. The van der Waals surface area contributed by atoms with Crippen LogP contribution in [0.25, 0.3) is 10.7 Å². The van der Waals surface area contributed by atoms with Crippen LogP contribution in [0.5, 0.6) is 0 Å². The Balaban J connectivity index is 1.78. The van der Waals surface area contributed by atoms with Crippen molar-refractivity contribution < 1.29 is 9.32 Å². The Morgan fingerprint density at radius 1 is 1.16 bits per heavy atom. The zero-order valence-corrected chi connectivity index (χ0v) is 15.8. The first-order chi connectivity index (χ1) is 11.7. The number of aryl methyl sites for hydroxylation is 2. The van der Waals surface area contributed by atoms with Crippen LogP contribution >= 0.6 is 11.3 Å². The van der Waals surface area contributed by atoms with Gasteiger partial charge in [0, 0.05) is 17.4 Å². The second-order valence-electron chi connectivity index (χ2n) is 7.00. The third kappa shape index (κ3) is 3.79. The second kappa shape index (κ2) is 6.44. The highest BCUT2D eigenvalue weighted by atomic mass is 32.1. The predicted molar refractivity (Wildman–Crippen MR) is 100 cm³/mol. The van der Waals surface area contributed by atoms with Crippen molar-refractivity contribution in [1.29, 1.82) is 0 Å². The van der Waals surface area contributed by atoms with Gasteiger partial charge in [0.15, 0.2) is 0 Å². The molecule has 1 N–H and O–H groups in total. The third-order valence-corrected chi connectivity index (χ3v) is 4.97. The maximum atomic E-state index is 12.5. The first-order valence-corrected chi connectivity index (χ1v) is 8.89. The van der Waals surface area contributed by atoms with Gasteiger partial charge >= 0.3 is 0 Å². The molecule has 3 aromatic rings. The number of benzene rings is 1. The zero-order chi connectivity index (χ0) is 18.2. The van der Waals surface area contributed by atoms with Gasteiger partial charge < -0.3 is 9.84 Å². The zero-order valence-electron chi connectivity index (χ0n) is 15.0. The molecule has 0 saturated carbocycles. The predicted octanol–water partition coefficient (Wildman–Crippen LogP) is 4.96. The van der Waals surface area contributed by atoms with Gasteiger partial charge in [-0.05, 0) is 36.1 Å². The van der Waals surface area contributed by atoms with Crippen molar-refractivity contribution in [3.05, 3.63) is 52.2 Å². The van der Waals surface area contributed by atoms with E-state index >= 15 is 0 Å². The van der Waals surface area contributed by atoms with E-state index in [1.807, 2.05) is 37.3 Å². The molecule has 3 rings (SSSR count). The Labute approximate surface area is 151 Å². The Bertz CT molecular complexity index is 902. The van der Waals surface area contributed by atoms with Crippen LogP contribution < -0.4 is 5.32 Å². The van der Waals surface area contributed by atoms with E-state index in [2.05, 4.69) is 36.2 Å². The van der Waals surface area contributed by atoms with E-state index in [1.54, 1.807) is 6.92 Å². The molecule has 6 heteroatoms. The fourth-order valence-electron chi connectivity index (χ4n) is 2.43. The van der Waals surface area contributed by atoms with Crippen molar-refractivity contribution in [2.24, 2.45) is 0 Å². The van der Waals surface area contributed by atoms with Crippen molar-refractivity contribution >= 4 is 22.9 Å². The van der Waals surface area contributed by atoms with Gasteiger partial charge in [0.05, 0.1) is 10.6 Å². The van der Waals surface area contributed by atoms with E-state index in [-0.39, 0.29) is 11.3 Å². The van der Waals surface area contributed by atoms with Gasteiger partial charge in [0.1, 0.15) is 0 Å². The van der Waals surface area contributed by atoms with Gasteiger partial charge in [-0.25, -0.2) is 0 Å². The van der Waals surface area contributed by atoms with Crippen LogP contribution in [-0.2, 0) is 5.41 Å². The number of hydrogen-bond donors (Lipinski definition) is 1. The highest BCUT2D eigenvalue weighted by Gasteiger charge is 2.16. The number of carbonyl (C=O) groups is 1. The Kier molecular flexibility index (Phi) is 4.47. The molecule has 0 bridgehead atoms. The minimum atomic E-state index is -0.128. The lowest BCUT2D eigenvalue weighted by molar-refractivity contribution is 0.102. The smallest absolute Gasteiger partial charge is 0.255 e. The van der Waals surface area contributed by atoms with Crippen molar-refractivity contribution in [2.45, 2.75) is 40.0 Å². The summed E-state index contributed by atoms with van der Waals surface area (Å²) in [5.41, 5.74) is 2.67. The molecule has 25 heavy (non-hydrogen) atoms. The molecule has 0 atom stereocenters. The normalized spacial score (nSPS) is 11.6. The summed E-state index contributed by atoms with van der Waals surface area (Å²) in [6.45, 7) is 10.2. The van der Waals surface area contributed by atoms with Crippen molar-refractivity contribution in [1.82, 2.24) is 10.1 Å². The van der Waals surface area contributed by atoms with Crippen LogP contribution in [0.3, 0.4) is 0 Å².